The lowest BCUT2D eigenvalue weighted by Gasteiger charge is -2.18. The molecule has 3 unspecified atom stereocenters. The molecule has 0 spiro atoms. The van der Waals surface area contributed by atoms with E-state index in [1.807, 2.05) is 18.3 Å². The zero-order valence-corrected chi connectivity index (χ0v) is 16.8. The highest BCUT2D eigenvalue weighted by atomic mass is 32.1. The molecular weight excluding hydrogens is 360 g/mol. The second-order valence-corrected chi connectivity index (χ2v) is 8.29. The van der Waals surface area contributed by atoms with Gasteiger partial charge in [-0.25, -0.2) is 4.98 Å². The van der Waals surface area contributed by atoms with Gasteiger partial charge in [0.05, 0.1) is 26.2 Å². The first-order valence-electron chi connectivity index (χ1n) is 9.36. The predicted octanol–water partition coefficient (Wildman–Crippen LogP) is 4.14. The first kappa shape index (κ1) is 18.3. The molecule has 0 radical (unpaired) electrons. The van der Waals surface area contributed by atoms with E-state index in [1.54, 1.807) is 32.7 Å². The van der Waals surface area contributed by atoms with Gasteiger partial charge < -0.3 is 19.5 Å². The van der Waals surface area contributed by atoms with Gasteiger partial charge in [-0.05, 0) is 49.3 Å². The number of hydrogen-bond acceptors (Lipinski definition) is 6. The summed E-state index contributed by atoms with van der Waals surface area (Å²) in [5.74, 6) is 4.33. The standard InChI is InChI=1S/C21H26N2O3S/c1-24-17-7-6-16(20(25-2)21(17)26-3)18-11-23-19(27-18)12-22-10-15-9-13-4-5-14(15)8-13/h4-7,11,13-15,22H,8-10,12H2,1-3H3. The highest BCUT2D eigenvalue weighted by Crippen LogP contribution is 2.45. The van der Waals surface area contributed by atoms with E-state index in [0.717, 1.165) is 46.3 Å². The van der Waals surface area contributed by atoms with E-state index in [1.165, 1.54) is 12.8 Å². The minimum Gasteiger partial charge on any atom is -0.493 e. The van der Waals surface area contributed by atoms with Crippen LogP contribution < -0.4 is 19.5 Å². The van der Waals surface area contributed by atoms with Crippen LogP contribution in [0.15, 0.2) is 30.5 Å². The molecule has 144 valence electrons. The Labute approximate surface area is 164 Å². The van der Waals surface area contributed by atoms with Crippen molar-refractivity contribution in [2.45, 2.75) is 19.4 Å². The summed E-state index contributed by atoms with van der Waals surface area (Å²) in [7, 11) is 4.89. The van der Waals surface area contributed by atoms with Crippen LogP contribution in [0.25, 0.3) is 10.4 Å². The number of thiazole rings is 1. The maximum absolute atomic E-state index is 5.60. The average molecular weight is 387 g/mol. The Balaban J connectivity index is 1.44. The molecule has 2 aliphatic rings. The van der Waals surface area contributed by atoms with Crippen LogP contribution in [0.1, 0.15) is 17.8 Å². The average Bonchev–Trinajstić information content (AvgIpc) is 3.43. The molecule has 4 rings (SSSR count). The van der Waals surface area contributed by atoms with Gasteiger partial charge in [0.15, 0.2) is 11.5 Å². The third-order valence-electron chi connectivity index (χ3n) is 5.62. The van der Waals surface area contributed by atoms with Crippen LogP contribution in [0, 0.1) is 17.8 Å². The fourth-order valence-electron chi connectivity index (χ4n) is 4.31. The van der Waals surface area contributed by atoms with Crippen LogP contribution in [0.2, 0.25) is 0 Å². The third-order valence-corrected chi connectivity index (χ3v) is 6.65. The monoisotopic (exact) mass is 386 g/mol. The van der Waals surface area contributed by atoms with Crippen molar-refractivity contribution in [2.24, 2.45) is 17.8 Å². The van der Waals surface area contributed by atoms with E-state index < -0.39 is 0 Å². The molecule has 3 atom stereocenters. The molecule has 6 heteroatoms. The van der Waals surface area contributed by atoms with Crippen molar-refractivity contribution in [2.75, 3.05) is 27.9 Å². The molecule has 1 aromatic heterocycles. The van der Waals surface area contributed by atoms with E-state index in [-0.39, 0.29) is 0 Å². The van der Waals surface area contributed by atoms with Crippen molar-refractivity contribution < 1.29 is 14.2 Å². The summed E-state index contributed by atoms with van der Waals surface area (Å²) in [6.07, 6.45) is 9.40. The number of methoxy groups -OCH3 is 3. The van der Waals surface area contributed by atoms with E-state index in [9.17, 15) is 0 Å². The number of nitrogens with one attached hydrogen (secondary N) is 1. The quantitative estimate of drug-likeness (QED) is 0.691. The van der Waals surface area contributed by atoms with Gasteiger partial charge in [0.25, 0.3) is 0 Å². The van der Waals surface area contributed by atoms with E-state index >= 15 is 0 Å². The van der Waals surface area contributed by atoms with Gasteiger partial charge >= 0.3 is 0 Å². The number of fused-ring (bicyclic) bond motifs is 2. The molecule has 0 amide bonds. The van der Waals surface area contributed by atoms with Gasteiger partial charge in [-0.15, -0.1) is 11.3 Å². The lowest BCUT2D eigenvalue weighted by atomic mass is 9.94. The van der Waals surface area contributed by atoms with Crippen LogP contribution in [0.3, 0.4) is 0 Å². The Kier molecular flexibility index (Phi) is 5.36. The second kappa shape index (κ2) is 7.90. The molecule has 1 fully saturated rings. The van der Waals surface area contributed by atoms with Gasteiger partial charge in [0.2, 0.25) is 5.75 Å². The zero-order chi connectivity index (χ0) is 18.8. The van der Waals surface area contributed by atoms with Crippen molar-refractivity contribution in [1.29, 1.82) is 0 Å². The number of hydrogen-bond donors (Lipinski definition) is 1. The SMILES string of the molecule is COc1ccc(-c2cnc(CNCC3CC4C=CC3C4)s2)c(OC)c1OC. The number of rotatable bonds is 8. The molecule has 5 nitrogen and oxygen atoms in total. The first-order valence-corrected chi connectivity index (χ1v) is 10.2. The molecule has 0 aliphatic heterocycles. The minimum absolute atomic E-state index is 0.606. The highest BCUT2D eigenvalue weighted by molar-refractivity contribution is 7.15. The Morgan fingerprint density at radius 3 is 2.59 bits per heavy atom. The summed E-state index contributed by atoms with van der Waals surface area (Å²) in [6, 6.07) is 3.89. The number of benzene rings is 1. The fraction of sp³-hybridized carbons (Fsp3) is 0.476. The summed E-state index contributed by atoms with van der Waals surface area (Å²) < 4.78 is 16.5. The Morgan fingerprint density at radius 1 is 1.07 bits per heavy atom. The zero-order valence-electron chi connectivity index (χ0n) is 16.0. The Hall–Kier alpha value is -2.05. The van der Waals surface area contributed by atoms with Gasteiger partial charge in [-0.2, -0.15) is 0 Å². The Bertz CT molecular complexity index is 833. The molecule has 0 saturated heterocycles. The van der Waals surface area contributed by atoms with Crippen LogP contribution in [0.4, 0.5) is 0 Å². The van der Waals surface area contributed by atoms with Crippen LogP contribution >= 0.6 is 11.3 Å². The highest BCUT2D eigenvalue weighted by Gasteiger charge is 2.35. The van der Waals surface area contributed by atoms with E-state index in [0.29, 0.717) is 17.2 Å². The maximum Gasteiger partial charge on any atom is 0.203 e. The summed E-state index contributed by atoms with van der Waals surface area (Å²) in [6.45, 7) is 1.87. The molecular formula is C21H26N2O3S. The number of ether oxygens (including phenoxy) is 3. The van der Waals surface area contributed by atoms with Gasteiger partial charge in [0, 0.05) is 18.3 Å². The van der Waals surface area contributed by atoms with Gasteiger partial charge in [0.1, 0.15) is 5.01 Å². The molecule has 1 heterocycles. The Morgan fingerprint density at radius 2 is 1.93 bits per heavy atom. The predicted molar refractivity (Wildman–Crippen MR) is 108 cm³/mol. The third kappa shape index (κ3) is 3.56. The van der Waals surface area contributed by atoms with Crippen LogP contribution in [0.5, 0.6) is 17.2 Å². The number of aromatic nitrogens is 1. The number of allylic oxidation sites excluding steroid dienone is 2. The smallest absolute Gasteiger partial charge is 0.203 e. The molecule has 1 N–H and O–H groups in total. The molecule has 1 saturated carbocycles. The molecule has 2 aliphatic carbocycles. The summed E-state index contributed by atoms with van der Waals surface area (Å²) in [5, 5.41) is 4.68. The van der Waals surface area contributed by atoms with Crippen molar-refractivity contribution >= 4 is 11.3 Å². The first-order chi connectivity index (χ1) is 13.2. The fourth-order valence-corrected chi connectivity index (χ4v) is 5.22. The molecule has 2 aromatic rings. The van der Waals surface area contributed by atoms with E-state index in [2.05, 4.69) is 22.5 Å². The van der Waals surface area contributed by atoms with Gasteiger partial charge in [-0.3, -0.25) is 0 Å². The second-order valence-electron chi connectivity index (χ2n) is 7.17. The summed E-state index contributed by atoms with van der Waals surface area (Å²) in [4.78, 5) is 5.66. The molecule has 27 heavy (non-hydrogen) atoms. The molecule has 2 bridgehead atoms. The normalized spacial score (nSPS) is 23.0. The topological polar surface area (TPSA) is 52.6 Å². The largest absolute Gasteiger partial charge is 0.493 e. The van der Waals surface area contributed by atoms with Crippen LogP contribution in [-0.2, 0) is 6.54 Å². The maximum atomic E-state index is 5.60. The van der Waals surface area contributed by atoms with Crippen molar-refractivity contribution in [3.05, 3.63) is 35.5 Å². The lowest BCUT2D eigenvalue weighted by Crippen LogP contribution is -2.24. The lowest BCUT2D eigenvalue weighted by molar-refractivity contribution is 0.325. The molecule has 1 aromatic carbocycles. The van der Waals surface area contributed by atoms with Crippen molar-refractivity contribution in [3.8, 4) is 27.7 Å². The van der Waals surface area contributed by atoms with Crippen molar-refractivity contribution in [3.63, 3.8) is 0 Å². The van der Waals surface area contributed by atoms with Gasteiger partial charge in [-0.1, -0.05) is 12.2 Å². The minimum atomic E-state index is 0.606. The van der Waals surface area contributed by atoms with Crippen molar-refractivity contribution in [1.82, 2.24) is 10.3 Å². The summed E-state index contributed by atoms with van der Waals surface area (Å²) >= 11 is 1.68. The van der Waals surface area contributed by atoms with E-state index in [4.69, 9.17) is 14.2 Å². The number of nitrogens with zero attached hydrogens (tertiary/aromatic N) is 1. The van der Waals surface area contributed by atoms with Crippen LogP contribution in [-0.4, -0.2) is 32.9 Å². The summed E-state index contributed by atoms with van der Waals surface area (Å²) in [5.41, 5.74) is 0.970.